The molecule has 0 unspecified atom stereocenters. The van der Waals surface area contributed by atoms with Crippen molar-refractivity contribution in [2.24, 2.45) is 0 Å². The maximum Gasteiger partial charge on any atom is 0.255 e. The van der Waals surface area contributed by atoms with Gasteiger partial charge in [0, 0.05) is 16.9 Å². The molecule has 0 aliphatic heterocycles. The van der Waals surface area contributed by atoms with Crippen LogP contribution in [-0.2, 0) is 0 Å². The van der Waals surface area contributed by atoms with Gasteiger partial charge in [-0.05, 0) is 52.3 Å². The lowest BCUT2D eigenvalue weighted by Gasteiger charge is -2.07. The summed E-state index contributed by atoms with van der Waals surface area (Å²) in [5.41, 5.74) is 6.20. The van der Waals surface area contributed by atoms with E-state index in [2.05, 4.69) is 21.2 Å². The van der Waals surface area contributed by atoms with Crippen molar-refractivity contribution >= 4 is 33.2 Å². The largest absolute Gasteiger partial charge is 0.507 e. The minimum absolute atomic E-state index is 0.0496. The molecule has 2 aromatic rings. The molecule has 0 heterocycles. The number of hydrogen-bond donors (Lipinski definition) is 3. The maximum absolute atomic E-state index is 13.1. The summed E-state index contributed by atoms with van der Waals surface area (Å²) in [7, 11) is 0. The smallest absolute Gasteiger partial charge is 0.255 e. The number of nitrogen functional groups attached to an aromatic ring is 1. The predicted molar refractivity (Wildman–Crippen MR) is 74.6 cm³/mol. The van der Waals surface area contributed by atoms with Crippen LogP contribution < -0.4 is 11.1 Å². The Morgan fingerprint density at radius 1 is 1.26 bits per heavy atom. The first-order chi connectivity index (χ1) is 8.95. The third kappa shape index (κ3) is 3.23. The van der Waals surface area contributed by atoms with Crippen LogP contribution in [0.4, 0.5) is 15.8 Å². The standard InChI is InChI=1S/C13H10BrFN2O2/c14-11-2-1-7(3-12(11)18)13(19)17-10-5-8(15)4-9(16)6-10/h1-6,18H,16H2,(H,17,19). The van der Waals surface area contributed by atoms with E-state index in [1.54, 1.807) is 6.07 Å². The van der Waals surface area contributed by atoms with E-state index in [-0.39, 0.29) is 22.7 Å². The lowest BCUT2D eigenvalue weighted by Crippen LogP contribution is -2.12. The van der Waals surface area contributed by atoms with E-state index in [1.165, 1.54) is 18.2 Å². The Labute approximate surface area is 117 Å². The molecule has 0 spiro atoms. The van der Waals surface area contributed by atoms with Gasteiger partial charge in [-0.15, -0.1) is 0 Å². The number of phenolic OH excluding ortho intramolecular Hbond substituents is 1. The SMILES string of the molecule is Nc1cc(F)cc(NC(=O)c2ccc(Br)c(O)c2)c1. The van der Waals surface area contributed by atoms with Gasteiger partial charge in [0.25, 0.3) is 5.91 Å². The van der Waals surface area contributed by atoms with Crippen molar-refractivity contribution in [3.63, 3.8) is 0 Å². The van der Waals surface area contributed by atoms with Gasteiger partial charge in [0.2, 0.25) is 0 Å². The highest BCUT2D eigenvalue weighted by Gasteiger charge is 2.09. The van der Waals surface area contributed by atoms with Gasteiger partial charge in [-0.1, -0.05) is 0 Å². The average Bonchev–Trinajstić information content (AvgIpc) is 2.31. The minimum atomic E-state index is -0.533. The first-order valence-corrected chi connectivity index (χ1v) is 6.11. The number of carbonyl (C=O) groups is 1. The Hall–Kier alpha value is -2.08. The summed E-state index contributed by atoms with van der Waals surface area (Å²) in [6, 6.07) is 8.14. The molecule has 1 amide bonds. The van der Waals surface area contributed by atoms with Crippen molar-refractivity contribution in [2.45, 2.75) is 0 Å². The number of rotatable bonds is 2. The van der Waals surface area contributed by atoms with Gasteiger partial charge in [-0.2, -0.15) is 0 Å². The molecule has 4 N–H and O–H groups in total. The summed E-state index contributed by atoms with van der Waals surface area (Å²) < 4.78 is 13.6. The zero-order chi connectivity index (χ0) is 14.0. The van der Waals surface area contributed by atoms with Crippen molar-refractivity contribution < 1.29 is 14.3 Å². The van der Waals surface area contributed by atoms with Crippen LogP contribution in [0.5, 0.6) is 5.75 Å². The fourth-order valence-corrected chi connectivity index (χ4v) is 1.79. The molecule has 2 aromatic carbocycles. The summed E-state index contributed by atoms with van der Waals surface area (Å²) in [4.78, 5) is 11.9. The first kappa shape index (κ1) is 13.4. The third-order valence-corrected chi connectivity index (χ3v) is 3.06. The lowest BCUT2D eigenvalue weighted by atomic mass is 10.2. The van der Waals surface area contributed by atoms with Crippen LogP contribution in [0.3, 0.4) is 0 Å². The molecule has 98 valence electrons. The van der Waals surface area contributed by atoms with Crippen molar-refractivity contribution in [1.29, 1.82) is 0 Å². The van der Waals surface area contributed by atoms with E-state index in [9.17, 15) is 14.3 Å². The lowest BCUT2D eigenvalue weighted by molar-refractivity contribution is 0.102. The van der Waals surface area contributed by atoms with Gasteiger partial charge in [-0.25, -0.2) is 4.39 Å². The Morgan fingerprint density at radius 3 is 2.63 bits per heavy atom. The summed E-state index contributed by atoms with van der Waals surface area (Å²) in [6.45, 7) is 0. The van der Waals surface area contributed by atoms with Crippen molar-refractivity contribution in [3.8, 4) is 5.75 Å². The quantitative estimate of drug-likeness (QED) is 0.743. The highest BCUT2D eigenvalue weighted by atomic mass is 79.9. The number of halogens is 2. The molecule has 0 bridgehead atoms. The van der Waals surface area contributed by atoms with Gasteiger partial charge in [0.1, 0.15) is 11.6 Å². The van der Waals surface area contributed by atoms with Crippen molar-refractivity contribution in [2.75, 3.05) is 11.1 Å². The third-order valence-electron chi connectivity index (χ3n) is 2.39. The number of benzene rings is 2. The molecule has 0 fully saturated rings. The van der Waals surface area contributed by atoms with E-state index >= 15 is 0 Å². The molecule has 0 aliphatic carbocycles. The number of aromatic hydroxyl groups is 1. The summed E-state index contributed by atoms with van der Waals surface area (Å²) in [5, 5.41) is 12.0. The fourth-order valence-electron chi connectivity index (χ4n) is 1.54. The topological polar surface area (TPSA) is 75.3 Å². The Morgan fingerprint density at radius 2 is 2.00 bits per heavy atom. The highest BCUT2D eigenvalue weighted by Crippen LogP contribution is 2.25. The van der Waals surface area contributed by atoms with Crippen LogP contribution in [0.15, 0.2) is 40.9 Å². The van der Waals surface area contributed by atoms with E-state index in [4.69, 9.17) is 5.73 Å². The van der Waals surface area contributed by atoms with E-state index in [1.807, 2.05) is 0 Å². The second-order valence-corrected chi connectivity index (χ2v) is 4.75. The van der Waals surface area contributed by atoms with Gasteiger partial charge >= 0.3 is 0 Å². The molecule has 0 saturated carbocycles. The average molecular weight is 325 g/mol. The van der Waals surface area contributed by atoms with E-state index in [0.717, 1.165) is 12.1 Å². The second kappa shape index (κ2) is 5.27. The molecule has 0 saturated heterocycles. The van der Waals surface area contributed by atoms with Crippen LogP contribution in [-0.4, -0.2) is 11.0 Å². The van der Waals surface area contributed by atoms with Crippen LogP contribution in [0.25, 0.3) is 0 Å². The number of nitrogens with one attached hydrogen (secondary N) is 1. The Bertz CT molecular complexity index is 626. The summed E-state index contributed by atoms with van der Waals surface area (Å²) in [5.74, 6) is -1.05. The Kier molecular flexibility index (Phi) is 3.71. The van der Waals surface area contributed by atoms with Gasteiger partial charge in [0.15, 0.2) is 0 Å². The van der Waals surface area contributed by atoms with Crippen molar-refractivity contribution in [1.82, 2.24) is 0 Å². The predicted octanol–water partition coefficient (Wildman–Crippen LogP) is 3.13. The number of anilines is 2. The molecular formula is C13H10BrFN2O2. The highest BCUT2D eigenvalue weighted by molar-refractivity contribution is 9.10. The number of nitrogens with two attached hydrogens (primary N) is 1. The van der Waals surface area contributed by atoms with E-state index in [0.29, 0.717) is 4.47 Å². The molecule has 2 rings (SSSR count). The fraction of sp³-hybridized carbons (Fsp3) is 0. The zero-order valence-corrected chi connectivity index (χ0v) is 11.2. The monoisotopic (exact) mass is 324 g/mol. The van der Waals surface area contributed by atoms with Crippen LogP contribution in [0.1, 0.15) is 10.4 Å². The molecule has 4 nitrogen and oxygen atoms in total. The first-order valence-electron chi connectivity index (χ1n) is 5.31. The van der Waals surface area contributed by atoms with Gasteiger partial charge in [0.05, 0.1) is 4.47 Å². The van der Waals surface area contributed by atoms with Gasteiger partial charge < -0.3 is 16.2 Å². The molecule has 0 atom stereocenters. The molecule has 6 heteroatoms. The number of phenols is 1. The number of carbonyl (C=O) groups excluding carboxylic acids is 1. The zero-order valence-electron chi connectivity index (χ0n) is 9.65. The van der Waals surface area contributed by atoms with Crippen molar-refractivity contribution in [3.05, 3.63) is 52.3 Å². The normalized spacial score (nSPS) is 10.2. The second-order valence-electron chi connectivity index (χ2n) is 3.89. The molecule has 0 radical (unpaired) electrons. The summed E-state index contributed by atoms with van der Waals surface area (Å²) in [6.07, 6.45) is 0. The molecule has 0 aliphatic rings. The van der Waals surface area contributed by atoms with Crippen LogP contribution in [0, 0.1) is 5.82 Å². The Balaban J connectivity index is 2.22. The summed E-state index contributed by atoms with van der Waals surface area (Å²) >= 11 is 3.12. The number of amides is 1. The number of hydrogen-bond acceptors (Lipinski definition) is 3. The molecular weight excluding hydrogens is 315 g/mol. The molecule has 0 aromatic heterocycles. The van der Waals surface area contributed by atoms with Crippen LogP contribution >= 0.6 is 15.9 Å². The van der Waals surface area contributed by atoms with E-state index < -0.39 is 11.7 Å². The molecule has 19 heavy (non-hydrogen) atoms. The van der Waals surface area contributed by atoms with Gasteiger partial charge in [-0.3, -0.25) is 4.79 Å². The van der Waals surface area contributed by atoms with Crippen LogP contribution in [0.2, 0.25) is 0 Å². The maximum atomic E-state index is 13.1. The minimum Gasteiger partial charge on any atom is -0.507 e.